The smallest absolute Gasteiger partial charge is 0.274 e. The second-order valence-electron chi connectivity index (χ2n) is 6.62. The van der Waals surface area contributed by atoms with Gasteiger partial charge in [0.2, 0.25) is 0 Å². The highest BCUT2D eigenvalue weighted by Crippen LogP contribution is 2.30. The Morgan fingerprint density at radius 2 is 1.90 bits per heavy atom. The summed E-state index contributed by atoms with van der Waals surface area (Å²) in [5.41, 5.74) is 8.60. The van der Waals surface area contributed by atoms with E-state index in [-0.39, 0.29) is 11.2 Å². The standard InChI is InChI=1S/C21H15F2N5O/c1-11-19(15-7-6-14(22)8-16(15)23)21-26-17(9-18(29)28(21)27-11)20(25)13-4-2-12(10-24)3-5-13/h2-9,20,26H,25H2,1H3. The van der Waals surface area contributed by atoms with E-state index in [1.165, 1.54) is 12.1 Å². The maximum atomic E-state index is 14.4. The van der Waals surface area contributed by atoms with Crippen molar-refractivity contribution in [3.63, 3.8) is 0 Å². The van der Waals surface area contributed by atoms with E-state index in [1.807, 2.05) is 6.07 Å². The van der Waals surface area contributed by atoms with Crippen LogP contribution in [0.15, 0.2) is 53.3 Å². The highest BCUT2D eigenvalue weighted by molar-refractivity contribution is 5.80. The number of fused-ring (bicyclic) bond motifs is 1. The van der Waals surface area contributed by atoms with Crippen molar-refractivity contribution in [1.82, 2.24) is 14.6 Å². The summed E-state index contributed by atoms with van der Waals surface area (Å²) in [5.74, 6) is -1.46. The molecule has 0 saturated heterocycles. The minimum Gasteiger partial charge on any atom is -0.341 e. The number of hydrogen-bond donors (Lipinski definition) is 2. The van der Waals surface area contributed by atoms with Crippen LogP contribution >= 0.6 is 0 Å². The first-order chi connectivity index (χ1) is 13.9. The van der Waals surface area contributed by atoms with Crippen LogP contribution in [-0.2, 0) is 0 Å². The normalized spacial score (nSPS) is 12.1. The number of aromatic nitrogens is 3. The zero-order valence-corrected chi connectivity index (χ0v) is 15.3. The third-order valence-corrected chi connectivity index (χ3v) is 4.75. The molecule has 0 spiro atoms. The molecule has 0 aliphatic rings. The molecule has 0 fully saturated rings. The van der Waals surface area contributed by atoms with E-state index in [0.29, 0.717) is 28.1 Å². The second kappa shape index (κ2) is 6.96. The Hall–Kier alpha value is -3.83. The molecule has 0 radical (unpaired) electrons. The average Bonchev–Trinajstić information content (AvgIpc) is 3.04. The van der Waals surface area contributed by atoms with Crippen molar-refractivity contribution in [2.45, 2.75) is 13.0 Å². The maximum absolute atomic E-state index is 14.4. The Balaban J connectivity index is 1.90. The Morgan fingerprint density at radius 3 is 2.55 bits per heavy atom. The van der Waals surface area contributed by atoms with Crippen LogP contribution in [-0.4, -0.2) is 14.6 Å². The second-order valence-corrected chi connectivity index (χ2v) is 6.62. The zero-order chi connectivity index (χ0) is 20.7. The fourth-order valence-corrected chi connectivity index (χ4v) is 3.30. The molecule has 6 nitrogen and oxygen atoms in total. The van der Waals surface area contributed by atoms with Crippen molar-refractivity contribution in [3.8, 4) is 17.2 Å². The number of aryl methyl sites for hydroxylation is 1. The predicted molar refractivity (Wildman–Crippen MR) is 103 cm³/mol. The van der Waals surface area contributed by atoms with Gasteiger partial charge in [-0.2, -0.15) is 14.9 Å². The van der Waals surface area contributed by atoms with Gasteiger partial charge in [-0.25, -0.2) is 8.78 Å². The van der Waals surface area contributed by atoms with Crippen molar-refractivity contribution in [3.05, 3.63) is 93.0 Å². The highest BCUT2D eigenvalue weighted by atomic mass is 19.1. The van der Waals surface area contributed by atoms with Crippen LogP contribution in [0.2, 0.25) is 0 Å². The van der Waals surface area contributed by atoms with Gasteiger partial charge in [0, 0.05) is 23.4 Å². The number of rotatable bonds is 3. The van der Waals surface area contributed by atoms with Gasteiger partial charge in [0.25, 0.3) is 5.56 Å². The van der Waals surface area contributed by atoms with Crippen LogP contribution in [0.4, 0.5) is 8.78 Å². The molecule has 0 aliphatic heterocycles. The Morgan fingerprint density at radius 1 is 1.17 bits per heavy atom. The van der Waals surface area contributed by atoms with Gasteiger partial charge >= 0.3 is 0 Å². The number of nitrogens with zero attached hydrogens (tertiary/aromatic N) is 3. The van der Waals surface area contributed by atoms with Gasteiger partial charge < -0.3 is 10.7 Å². The summed E-state index contributed by atoms with van der Waals surface area (Å²) in [6.07, 6.45) is 0. The summed E-state index contributed by atoms with van der Waals surface area (Å²) in [6.45, 7) is 1.64. The van der Waals surface area contributed by atoms with Crippen LogP contribution in [0.1, 0.15) is 28.6 Å². The molecule has 8 heteroatoms. The molecule has 2 aromatic heterocycles. The summed E-state index contributed by atoms with van der Waals surface area (Å²) < 4.78 is 28.8. The number of nitrogens with one attached hydrogen (secondary N) is 1. The fourth-order valence-electron chi connectivity index (χ4n) is 3.30. The van der Waals surface area contributed by atoms with Crippen LogP contribution in [0.5, 0.6) is 0 Å². The first kappa shape index (κ1) is 18.5. The van der Waals surface area contributed by atoms with E-state index in [4.69, 9.17) is 11.0 Å². The number of nitrogens with two attached hydrogens (primary N) is 1. The molecule has 4 aromatic rings. The summed E-state index contributed by atoms with van der Waals surface area (Å²) in [7, 11) is 0. The molecule has 4 rings (SSSR count). The Bertz CT molecular complexity index is 1330. The third kappa shape index (κ3) is 3.17. The van der Waals surface area contributed by atoms with Crippen LogP contribution in [0.3, 0.4) is 0 Å². The van der Waals surface area contributed by atoms with Crippen molar-refractivity contribution in [2.75, 3.05) is 0 Å². The lowest BCUT2D eigenvalue weighted by Gasteiger charge is -2.13. The van der Waals surface area contributed by atoms with Gasteiger partial charge in [-0.15, -0.1) is 0 Å². The van der Waals surface area contributed by atoms with E-state index >= 15 is 0 Å². The van der Waals surface area contributed by atoms with Crippen LogP contribution in [0.25, 0.3) is 16.8 Å². The topological polar surface area (TPSA) is 100.0 Å². The van der Waals surface area contributed by atoms with Crippen LogP contribution < -0.4 is 11.3 Å². The molecule has 144 valence electrons. The molecule has 3 N–H and O–H groups in total. The number of benzene rings is 2. The molecule has 0 aliphatic carbocycles. The molecule has 1 unspecified atom stereocenters. The number of hydrogen-bond acceptors (Lipinski definition) is 4. The predicted octanol–water partition coefficient (Wildman–Crippen LogP) is 3.20. The number of aromatic amines is 1. The first-order valence-electron chi connectivity index (χ1n) is 8.72. The molecule has 0 saturated carbocycles. The molecular weight excluding hydrogens is 376 g/mol. The van der Waals surface area contributed by atoms with Crippen LogP contribution in [0, 0.1) is 29.9 Å². The number of halogens is 2. The van der Waals surface area contributed by atoms with E-state index in [2.05, 4.69) is 10.1 Å². The monoisotopic (exact) mass is 391 g/mol. The Labute approximate surface area is 163 Å². The van der Waals surface area contributed by atoms with E-state index < -0.39 is 23.2 Å². The van der Waals surface area contributed by atoms with Gasteiger partial charge in [0.05, 0.1) is 28.9 Å². The maximum Gasteiger partial charge on any atom is 0.274 e. The van der Waals surface area contributed by atoms with Crippen molar-refractivity contribution in [1.29, 1.82) is 5.26 Å². The molecule has 2 heterocycles. The van der Waals surface area contributed by atoms with Gasteiger partial charge in [-0.3, -0.25) is 4.79 Å². The first-order valence-corrected chi connectivity index (χ1v) is 8.72. The van der Waals surface area contributed by atoms with E-state index in [0.717, 1.165) is 16.6 Å². The largest absolute Gasteiger partial charge is 0.341 e. The minimum atomic E-state index is -0.759. The van der Waals surface area contributed by atoms with Crippen molar-refractivity contribution >= 4 is 5.65 Å². The Kier molecular flexibility index (Phi) is 4.45. The lowest BCUT2D eigenvalue weighted by Crippen LogP contribution is -2.21. The van der Waals surface area contributed by atoms with E-state index in [1.54, 1.807) is 31.2 Å². The highest BCUT2D eigenvalue weighted by Gasteiger charge is 2.20. The van der Waals surface area contributed by atoms with Crippen molar-refractivity contribution in [2.24, 2.45) is 5.73 Å². The molecule has 1 atom stereocenters. The van der Waals surface area contributed by atoms with Gasteiger partial charge in [0.15, 0.2) is 0 Å². The average molecular weight is 391 g/mol. The zero-order valence-electron chi connectivity index (χ0n) is 15.3. The summed E-state index contributed by atoms with van der Waals surface area (Å²) >= 11 is 0. The molecule has 0 amide bonds. The van der Waals surface area contributed by atoms with Crippen molar-refractivity contribution < 1.29 is 8.78 Å². The fraction of sp³-hybridized carbons (Fsp3) is 0.0952. The molecule has 2 aromatic carbocycles. The van der Waals surface area contributed by atoms with E-state index in [9.17, 15) is 13.6 Å². The molecule has 29 heavy (non-hydrogen) atoms. The van der Waals surface area contributed by atoms with Gasteiger partial charge in [-0.1, -0.05) is 12.1 Å². The minimum absolute atomic E-state index is 0.124. The summed E-state index contributed by atoms with van der Waals surface area (Å²) in [4.78, 5) is 15.7. The molecular formula is C21H15F2N5O. The summed E-state index contributed by atoms with van der Waals surface area (Å²) in [6, 6.07) is 12.6. The lowest BCUT2D eigenvalue weighted by atomic mass is 10.0. The van der Waals surface area contributed by atoms with Gasteiger partial charge in [0.1, 0.15) is 17.3 Å². The number of nitriles is 1. The quantitative estimate of drug-likeness (QED) is 0.560. The molecule has 0 bridgehead atoms. The summed E-state index contributed by atoms with van der Waals surface area (Å²) in [5, 5.41) is 13.1. The SMILES string of the molecule is Cc1nn2c(=O)cc(C(N)c3ccc(C#N)cc3)[nH]c2c1-c1ccc(F)cc1F. The lowest BCUT2D eigenvalue weighted by molar-refractivity contribution is 0.585. The third-order valence-electron chi connectivity index (χ3n) is 4.75. The van der Waals surface area contributed by atoms with Gasteiger partial charge in [-0.05, 0) is 36.8 Å². The number of H-pyrrole nitrogens is 1.